The number of nitrogens with one attached hydrogen (secondary N) is 1. The first-order valence-corrected chi connectivity index (χ1v) is 11.2. The van der Waals surface area contributed by atoms with Crippen LogP contribution in [0.25, 0.3) is 6.08 Å². The standard InChI is InChI=1S/C25H19N3OS2/c29-24-23(31-25(30)26-24)15-17-11-13-20(14-12-17)28-22(19-9-5-2-6-10-19)16-21(27-28)18-7-3-1-4-8-18/h1-15,22H,16H2,(H,26,29,30)/b23-15+/t22-/m1/s1. The molecule has 5 rings (SSSR count). The molecule has 2 heterocycles. The van der Waals surface area contributed by atoms with Gasteiger partial charge in [-0.2, -0.15) is 5.10 Å². The van der Waals surface area contributed by atoms with Crippen LogP contribution in [0, 0.1) is 0 Å². The molecule has 4 nitrogen and oxygen atoms in total. The van der Waals surface area contributed by atoms with Gasteiger partial charge in [0.1, 0.15) is 4.32 Å². The largest absolute Gasteiger partial charge is 0.307 e. The van der Waals surface area contributed by atoms with Gasteiger partial charge in [-0.1, -0.05) is 96.8 Å². The molecule has 1 atom stereocenters. The SMILES string of the molecule is O=C1NC(=S)S/C1=C/c1ccc(N2N=C(c3ccccc3)C[C@@H]2c2ccccc2)cc1. The first-order chi connectivity index (χ1) is 15.2. The lowest BCUT2D eigenvalue weighted by Gasteiger charge is -2.24. The van der Waals surface area contributed by atoms with Gasteiger partial charge in [-0.15, -0.1) is 0 Å². The van der Waals surface area contributed by atoms with Gasteiger partial charge >= 0.3 is 0 Å². The Labute approximate surface area is 190 Å². The van der Waals surface area contributed by atoms with Crippen LogP contribution in [0.2, 0.25) is 0 Å². The van der Waals surface area contributed by atoms with Crippen LogP contribution >= 0.6 is 24.0 Å². The third-order valence-corrected chi connectivity index (χ3v) is 6.46. The predicted octanol–water partition coefficient (Wildman–Crippen LogP) is 5.53. The number of hydrogen-bond acceptors (Lipinski definition) is 5. The van der Waals surface area contributed by atoms with Crippen molar-refractivity contribution in [1.29, 1.82) is 0 Å². The summed E-state index contributed by atoms with van der Waals surface area (Å²) in [5.74, 6) is -0.139. The van der Waals surface area contributed by atoms with E-state index in [4.69, 9.17) is 17.3 Å². The van der Waals surface area contributed by atoms with Crippen LogP contribution in [0.5, 0.6) is 0 Å². The Balaban J connectivity index is 1.47. The summed E-state index contributed by atoms with van der Waals surface area (Å²) in [5.41, 5.74) is 5.42. The highest BCUT2D eigenvalue weighted by Crippen LogP contribution is 2.37. The van der Waals surface area contributed by atoms with Crippen molar-refractivity contribution in [3.8, 4) is 0 Å². The number of amides is 1. The molecule has 0 radical (unpaired) electrons. The monoisotopic (exact) mass is 441 g/mol. The molecule has 31 heavy (non-hydrogen) atoms. The molecule has 0 aliphatic carbocycles. The van der Waals surface area contributed by atoms with Crippen LogP contribution in [-0.4, -0.2) is 15.9 Å². The number of thiocarbonyl (C=S) groups is 1. The summed E-state index contributed by atoms with van der Waals surface area (Å²) in [6.07, 6.45) is 2.70. The van der Waals surface area contributed by atoms with Gasteiger partial charge in [-0.3, -0.25) is 9.80 Å². The van der Waals surface area contributed by atoms with E-state index in [1.54, 1.807) is 0 Å². The Morgan fingerprint density at radius 1 is 0.968 bits per heavy atom. The van der Waals surface area contributed by atoms with E-state index in [9.17, 15) is 4.79 Å². The number of carbonyl (C=O) groups is 1. The summed E-state index contributed by atoms with van der Waals surface area (Å²) >= 11 is 6.36. The highest BCUT2D eigenvalue weighted by molar-refractivity contribution is 8.26. The molecular weight excluding hydrogens is 422 g/mol. The van der Waals surface area contributed by atoms with E-state index in [0.717, 1.165) is 28.9 Å². The zero-order chi connectivity index (χ0) is 21.2. The van der Waals surface area contributed by atoms with E-state index in [0.29, 0.717) is 9.23 Å². The number of hydrazone groups is 1. The normalized spacial score (nSPS) is 19.6. The quantitative estimate of drug-likeness (QED) is 0.427. The summed E-state index contributed by atoms with van der Waals surface area (Å²) in [6, 6.07) is 29.1. The number of rotatable bonds is 4. The fraction of sp³-hybridized carbons (Fsp3) is 0.0800. The molecule has 0 unspecified atom stereocenters. The molecule has 0 saturated carbocycles. The first kappa shape index (κ1) is 19.7. The molecule has 1 amide bonds. The van der Waals surface area contributed by atoms with Crippen molar-refractivity contribution < 1.29 is 4.79 Å². The minimum Gasteiger partial charge on any atom is -0.307 e. The lowest BCUT2D eigenvalue weighted by Crippen LogP contribution is -2.18. The molecule has 0 bridgehead atoms. The van der Waals surface area contributed by atoms with Crippen molar-refractivity contribution >= 4 is 51.7 Å². The van der Waals surface area contributed by atoms with Gasteiger partial charge in [0.05, 0.1) is 22.3 Å². The van der Waals surface area contributed by atoms with Crippen LogP contribution in [-0.2, 0) is 4.79 Å². The third-order valence-electron chi connectivity index (χ3n) is 5.30. The maximum Gasteiger partial charge on any atom is 0.263 e. The molecule has 2 aliphatic heterocycles. The number of anilines is 1. The average Bonchev–Trinajstić information content (AvgIpc) is 3.39. The number of thioether (sulfide) groups is 1. The summed E-state index contributed by atoms with van der Waals surface area (Å²) < 4.78 is 0.499. The van der Waals surface area contributed by atoms with Crippen molar-refractivity contribution in [2.45, 2.75) is 12.5 Å². The molecule has 3 aromatic carbocycles. The minimum absolute atomic E-state index is 0.133. The van der Waals surface area contributed by atoms with Crippen LogP contribution in [0.3, 0.4) is 0 Å². The second kappa shape index (κ2) is 8.49. The third kappa shape index (κ3) is 4.17. The molecule has 6 heteroatoms. The molecule has 1 N–H and O–H groups in total. The molecule has 1 fully saturated rings. The van der Waals surface area contributed by atoms with Gasteiger partial charge in [0.25, 0.3) is 5.91 Å². The van der Waals surface area contributed by atoms with Crippen molar-refractivity contribution in [2.75, 3.05) is 5.01 Å². The average molecular weight is 442 g/mol. The summed E-state index contributed by atoms with van der Waals surface area (Å²) in [4.78, 5) is 12.5. The highest BCUT2D eigenvalue weighted by atomic mass is 32.2. The van der Waals surface area contributed by atoms with E-state index in [1.165, 1.54) is 17.3 Å². The number of hydrogen-bond donors (Lipinski definition) is 1. The Hall–Kier alpha value is -3.22. The van der Waals surface area contributed by atoms with E-state index >= 15 is 0 Å². The van der Waals surface area contributed by atoms with Gasteiger partial charge in [0.15, 0.2) is 0 Å². The lowest BCUT2D eigenvalue weighted by molar-refractivity contribution is -0.115. The predicted molar refractivity (Wildman–Crippen MR) is 132 cm³/mol. The number of nitrogens with zero attached hydrogens (tertiary/aromatic N) is 2. The molecule has 0 aromatic heterocycles. The van der Waals surface area contributed by atoms with Crippen molar-refractivity contribution in [2.24, 2.45) is 5.10 Å². The Morgan fingerprint density at radius 2 is 1.65 bits per heavy atom. The molecule has 2 aliphatic rings. The van der Waals surface area contributed by atoms with Gasteiger partial charge < -0.3 is 5.32 Å². The number of carbonyl (C=O) groups excluding carboxylic acids is 1. The summed E-state index contributed by atoms with van der Waals surface area (Å²) in [5, 5.41) is 9.74. The zero-order valence-electron chi connectivity index (χ0n) is 16.6. The highest BCUT2D eigenvalue weighted by Gasteiger charge is 2.29. The second-order valence-corrected chi connectivity index (χ2v) is 9.05. The molecule has 1 saturated heterocycles. The van der Waals surface area contributed by atoms with Crippen LogP contribution in [0.1, 0.15) is 29.2 Å². The fourth-order valence-electron chi connectivity index (χ4n) is 3.78. The topological polar surface area (TPSA) is 44.7 Å². The Kier molecular flexibility index (Phi) is 5.40. The lowest BCUT2D eigenvalue weighted by atomic mass is 9.98. The van der Waals surface area contributed by atoms with Crippen LogP contribution in [0.4, 0.5) is 5.69 Å². The van der Waals surface area contributed by atoms with Gasteiger partial charge in [0.2, 0.25) is 0 Å². The van der Waals surface area contributed by atoms with Gasteiger partial charge in [-0.25, -0.2) is 0 Å². The van der Waals surface area contributed by atoms with E-state index < -0.39 is 0 Å². The van der Waals surface area contributed by atoms with E-state index in [-0.39, 0.29) is 11.9 Å². The summed E-state index contributed by atoms with van der Waals surface area (Å²) in [7, 11) is 0. The van der Waals surface area contributed by atoms with Crippen molar-refractivity contribution in [1.82, 2.24) is 5.32 Å². The smallest absolute Gasteiger partial charge is 0.263 e. The maximum absolute atomic E-state index is 11.9. The zero-order valence-corrected chi connectivity index (χ0v) is 18.2. The van der Waals surface area contributed by atoms with Gasteiger partial charge in [0, 0.05) is 6.42 Å². The van der Waals surface area contributed by atoms with Crippen LogP contribution < -0.4 is 10.3 Å². The van der Waals surface area contributed by atoms with Crippen molar-refractivity contribution in [3.05, 3.63) is 107 Å². The van der Waals surface area contributed by atoms with E-state index in [1.807, 2.05) is 42.5 Å². The van der Waals surface area contributed by atoms with Crippen molar-refractivity contribution in [3.63, 3.8) is 0 Å². The van der Waals surface area contributed by atoms with Gasteiger partial charge in [-0.05, 0) is 34.9 Å². The van der Waals surface area contributed by atoms with Crippen LogP contribution in [0.15, 0.2) is 94.9 Å². The Bertz CT molecular complexity index is 1190. The summed E-state index contributed by atoms with van der Waals surface area (Å²) in [6.45, 7) is 0. The fourth-order valence-corrected chi connectivity index (χ4v) is 4.83. The maximum atomic E-state index is 11.9. The molecule has 152 valence electrons. The molecular formula is C25H19N3OS2. The minimum atomic E-state index is -0.139. The molecule has 0 spiro atoms. The molecule has 3 aromatic rings. The number of benzene rings is 3. The Morgan fingerprint density at radius 3 is 2.29 bits per heavy atom. The second-order valence-electron chi connectivity index (χ2n) is 7.33. The first-order valence-electron chi connectivity index (χ1n) is 9.99. The van der Waals surface area contributed by atoms with E-state index in [2.05, 4.69) is 58.9 Å².